The number of ketones is 1. The molecule has 0 spiro atoms. The first kappa shape index (κ1) is 11.0. The second-order valence-corrected chi connectivity index (χ2v) is 3.68. The summed E-state index contributed by atoms with van der Waals surface area (Å²) in [5, 5.41) is 0. The van der Waals surface area contributed by atoms with Gasteiger partial charge < -0.3 is 9.47 Å². The summed E-state index contributed by atoms with van der Waals surface area (Å²) >= 11 is 0. The summed E-state index contributed by atoms with van der Waals surface area (Å²) in [5.41, 5.74) is 1.09. The van der Waals surface area contributed by atoms with Crippen LogP contribution in [-0.4, -0.2) is 25.1 Å². The molecule has 2 rings (SSSR count). The molecule has 0 N–H and O–H groups in total. The number of benzene rings is 1. The van der Waals surface area contributed by atoms with Crippen LogP contribution in [0.15, 0.2) is 43.0 Å². The Morgan fingerprint density at radius 2 is 2.25 bits per heavy atom. The van der Waals surface area contributed by atoms with E-state index in [4.69, 9.17) is 9.47 Å². The predicted molar refractivity (Wildman–Crippen MR) is 60.1 cm³/mol. The lowest BCUT2D eigenvalue weighted by atomic mass is 10.0. The Bertz CT molecular complexity index is 372. The van der Waals surface area contributed by atoms with Crippen molar-refractivity contribution in [2.45, 2.75) is 12.2 Å². The van der Waals surface area contributed by atoms with Gasteiger partial charge in [-0.15, -0.1) is 0 Å². The van der Waals surface area contributed by atoms with E-state index in [2.05, 4.69) is 6.58 Å². The van der Waals surface area contributed by atoms with Crippen molar-refractivity contribution in [3.05, 3.63) is 48.6 Å². The number of carbonyl (C=O) groups excluding carboxylic acids is 1. The summed E-state index contributed by atoms with van der Waals surface area (Å²) in [6.07, 6.45) is 1.21. The molecule has 1 aromatic rings. The Labute approximate surface area is 94.7 Å². The van der Waals surface area contributed by atoms with Crippen LogP contribution in [0, 0.1) is 0 Å². The van der Waals surface area contributed by atoms with Crippen molar-refractivity contribution < 1.29 is 14.3 Å². The maximum atomic E-state index is 11.0. The smallest absolute Gasteiger partial charge is 0.180 e. The number of hydrogen-bond acceptors (Lipinski definition) is 3. The molecule has 0 radical (unpaired) electrons. The normalized spacial score (nSPS) is 23.5. The lowest BCUT2D eigenvalue weighted by Gasteiger charge is -2.36. The van der Waals surface area contributed by atoms with E-state index in [0.717, 1.165) is 5.56 Å². The largest absolute Gasteiger partial charge is 0.368 e. The molecule has 1 aliphatic heterocycles. The van der Waals surface area contributed by atoms with Gasteiger partial charge >= 0.3 is 0 Å². The van der Waals surface area contributed by atoms with Gasteiger partial charge in [0.25, 0.3) is 0 Å². The first-order valence-corrected chi connectivity index (χ1v) is 5.24. The molecular formula is C13H14O3. The first-order chi connectivity index (χ1) is 7.81. The van der Waals surface area contributed by atoms with Gasteiger partial charge in [-0.2, -0.15) is 0 Å². The minimum Gasteiger partial charge on any atom is -0.368 e. The van der Waals surface area contributed by atoms with Gasteiger partial charge in [0.2, 0.25) is 0 Å². The third-order valence-corrected chi connectivity index (χ3v) is 2.57. The summed E-state index contributed by atoms with van der Waals surface area (Å²) in [7, 11) is 0. The quantitative estimate of drug-likeness (QED) is 0.708. The molecule has 2 unspecified atom stereocenters. The SMILES string of the molecule is C=CC(=O)COC1COC1c1ccccc1. The fourth-order valence-corrected chi connectivity index (χ4v) is 1.61. The molecule has 16 heavy (non-hydrogen) atoms. The highest BCUT2D eigenvalue weighted by Crippen LogP contribution is 2.31. The molecule has 0 saturated carbocycles. The van der Waals surface area contributed by atoms with Crippen LogP contribution in [0.5, 0.6) is 0 Å². The summed E-state index contributed by atoms with van der Waals surface area (Å²) in [6, 6.07) is 9.87. The van der Waals surface area contributed by atoms with Crippen molar-refractivity contribution in [3.8, 4) is 0 Å². The third-order valence-electron chi connectivity index (χ3n) is 2.57. The molecule has 84 valence electrons. The summed E-state index contributed by atoms with van der Waals surface area (Å²) in [5.74, 6) is -0.0984. The molecule has 0 bridgehead atoms. The van der Waals surface area contributed by atoms with Gasteiger partial charge in [-0.1, -0.05) is 36.9 Å². The van der Waals surface area contributed by atoms with E-state index < -0.39 is 0 Å². The van der Waals surface area contributed by atoms with E-state index in [9.17, 15) is 4.79 Å². The monoisotopic (exact) mass is 218 g/mol. The number of carbonyl (C=O) groups is 1. The summed E-state index contributed by atoms with van der Waals surface area (Å²) in [4.78, 5) is 11.0. The van der Waals surface area contributed by atoms with Crippen LogP contribution in [0.1, 0.15) is 11.7 Å². The van der Waals surface area contributed by atoms with Crippen LogP contribution in [0.4, 0.5) is 0 Å². The molecule has 0 aromatic heterocycles. The Balaban J connectivity index is 1.89. The zero-order valence-electron chi connectivity index (χ0n) is 8.96. The zero-order chi connectivity index (χ0) is 11.4. The Morgan fingerprint density at radius 3 is 2.81 bits per heavy atom. The highest BCUT2D eigenvalue weighted by atomic mass is 16.6. The van der Waals surface area contributed by atoms with Crippen molar-refractivity contribution >= 4 is 5.78 Å². The van der Waals surface area contributed by atoms with E-state index in [-0.39, 0.29) is 24.6 Å². The second-order valence-electron chi connectivity index (χ2n) is 3.68. The van der Waals surface area contributed by atoms with Crippen molar-refractivity contribution in [3.63, 3.8) is 0 Å². The molecule has 0 amide bonds. The maximum Gasteiger partial charge on any atom is 0.180 e. The number of ether oxygens (including phenoxy) is 2. The molecule has 1 aromatic carbocycles. The van der Waals surface area contributed by atoms with E-state index in [1.165, 1.54) is 6.08 Å². The molecule has 0 aliphatic carbocycles. The minimum absolute atomic E-state index is 0.0219. The van der Waals surface area contributed by atoms with Crippen molar-refractivity contribution in [2.24, 2.45) is 0 Å². The van der Waals surface area contributed by atoms with E-state index in [1.54, 1.807) is 0 Å². The molecule has 1 heterocycles. The van der Waals surface area contributed by atoms with Crippen molar-refractivity contribution in [1.29, 1.82) is 0 Å². The molecule has 3 heteroatoms. The standard InChI is InChI=1S/C13H14O3/c1-2-11(14)8-15-12-9-16-13(12)10-6-4-3-5-7-10/h2-7,12-13H,1,8-9H2. The lowest BCUT2D eigenvalue weighted by molar-refractivity contribution is -0.191. The van der Waals surface area contributed by atoms with Gasteiger partial charge in [0, 0.05) is 0 Å². The van der Waals surface area contributed by atoms with Crippen LogP contribution in [0.2, 0.25) is 0 Å². The van der Waals surface area contributed by atoms with E-state index in [1.807, 2.05) is 30.3 Å². The van der Waals surface area contributed by atoms with Gasteiger partial charge in [0.15, 0.2) is 5.78 Å². The van der Waals surface area contributed by atoms with Crippen molar-refractivity contribution in [2.75, 3.05) is 13.2 Å². The fraction of sp³-hybridized carbons (Fsp3) is 0.308. The van der Waals surface area contributed by atoms with Crippen LogP contribution in [0.3, 0.4) is 0 Å². The molecular weight excluding hydrogens is 204 g/mol. The topological polar surface area (TPSA) is 35.5 Å². The molecule has 1 saturated heterocycles. The second kappa shape index (κ2) is 5.05. The van der Waals surface area contributed by atoms with Gasteiger partial charge in [0.1, 0.15) is 18.8 Å². The van der Waals surface area contributed by atoms with Crippen LogP contribution >= 0.6 is 0 Å². The van der Waals surface area contributed by atoms with Crippen LogP contribution in [0.25, 0.3) is 0 Å². The highest BCUT2D eigenvalue weighted by Gasteiger charge is 2.34. The highest BCUT2D eigenvalue weighted by molar-refractivity contribution is 5.90. The minimum atomic E-state index is -0.0984. The molecule has 2 atom stereocenters. The predicted octanol–water partition coefficient (Wildman–Crippen LogP) is 1.90. The average Bonchev–Trinajstić information content (AvgIpc) is 2.29. The lowest BCUT2D eigenvalue weighted by Crippen LogP contribution is -2.40. The van der Waals surface area contributed by atoms with Gasteiger partial charge in [-0.3, -0.25) is 4.79 Å². The summed E-state index contributed by atoms with van der Waals surface area (Å²) < 4.78 is 10.9. The Kier molecular flexibility index (Phi) is 3.49. The van der Waals surface area contributed by atoms with Crippen LogP contribution < -0.4 is 0 Å². The first-order valence-electron chi connectivity index (χ1n) is 5.24. The fourth-order valence-electron chi connectivity index (χ4n) is 1.61. The Morgan fingerprint density at radius 1 is 1.50 bits per heavy atom. The average molecular weight is 218 g/mol. The van der Waals surface area contributed by atoms with E-state index in [0.29, 0.717) is 6.61 Å². The molecule has 3 nitrogen and oxygen atoms in total. The zero-order valence-corrected chi connectivity index (χ0v) is 8.96. The third kappa shape index (κ3) is 2.38. The Hall–Kier alpha value is -1.45. The van der Waals surface area contributed by atoms with Gasteiger partial charge in [-0.05, 0) is 11.6 Å². The van der Waals surface area contributed by atoms with Crippen molar-refractivity contribution in [1.82, 2.24) is 0 Å². The molecule has 1 fully saturated rings. The van der Waals surface area contributed by atoms with E-state index >= 15 is 0 Å². The summed E-state index contributed by atoms with van der Waals surface area (Å²) in [6.45, 7) is 4.03. The molecule has 1 aliphatic rings. The van der Waals surface area contributed by atoms with Gasteiger partial charge in [0.05, 0.1) is 6.61 Å². The number of rotatable bonds is 5. The van der Waals surface area contributed by atoms with Crippen LogP contribution in [-0.2, 0) is 14.3 Å². The number of hydrogen-bond donors (Lipinski definition) is 0. The van der Waals surface area contributed by atoms with Gasteiger partial charge in [-0.25, -0.2) is 0 Å². The maximum absolute atomic E-state index is 11.0.